The van der Waals surface area contributed by atoms with Crippen LogP contribution in [0.3, 0.4) is 0 Å². The van der Waals surface area contributed by atoms with Crippen molar-refractivity contribution in [2.24, 2.45) is 11.6 Å². The summed E-state index contributed by atoms with van der Waals surface area (Å²) in [5, 5.41) is 23.6. The average molecular weight is 366 g/mol. The van der Waals surface area contributed by atoms with Crippen molar-refractivity contribution in [1.82, 2.24) is 10.6 Å². The first-order valence-corrected chi connectivity index (χ1v) is 8.48. The van der Waals surface area contributed by atoms with Gasteiger partial charge in [0.15, 0.2) is 0 Å². The summed E-state index contributed by atoms with van der Waals surface area (Å²) in [6.07, 6.45) is 0.0397. The fraction of sp³-hybridized carbons (Fsp3) is 0.500. The number of carbonyl (C=O) groups is 3. The standard InChI is InChI=1S/C18H27N3O5/c1-4-14(11-5-7-12(22)8-6-11)20-18(26)16(10(2)3)21-17(25)13(19)9-15(23)24/h5-8,10,13-14,16,22H,4,9,19H2,1-3H3,(H,20,26)(H,21,25)(H,23,24)/t13-,14-,16-/m0/s1/i/hD. The molecule has 0 aliphatic rings. The molecule has 0 fully saturated rings. The number of aromatic hydroxyl groups is 1. The highest BCUT2D eigenvalue weighted by Gasteiger charge is 2.28. The topological polar surface area (TPSA) is 142 Å². The Bertz CT molecular complexity index is 651. The third-order valence-corrected chi connectivity index (χ3v) is 3.96. The zero-order valence-electron chi connectivity index (χ0n) is 16.2. The molecule has 0 aliphatic heterocycles. The number of carboxylic acid groups (broad SMARTS) is 1. The highest BCUT2D eigenvalue weighted by molar-refractivity contribution is 5.91. The number of nitrogens with one attached hydrogen (secondary N) is 2. The zero-order valence-corrected chi connectivity index (χ0v) is 15.2. The molecule has 6 N–H and O–H groups in total. The third-order valence-electron chi connectivity index (χ3n) is 3.96. The van der Waals surface area contributed by atoms with Crippen LogP contribution in [0.1, 0.15) is 45.2 Å². The summed E-state index contributed by atoms with van der Waals surface area (Å²) in [6.45, 7) is 5.41. The lowest BCUT2D eigenvalue weighted by atomic mass is 10.00. The fourth-order valence-electron chi connectivity index (χ4n) is 2.45. The largest absolute Gasteiger partial charge is 0.508 e. The van der Waals surface area contributed by atoms with Gasteiger partial charge in [0.1, 0.15) is 13.2 Å². The predicted octanol–water partition coefficient (Wildman–Crippen LogP) is 0.902. The lowest BCUT2D eigenvalue weighted by molar-refractivity contribution is -0.139. The first kappa shape index (κ1) is 19.7. The van der Waals surface area contributed by atoms with Gasteiger partial charge in [0.2, 0.25) is 11.8 Å². The summed E-state index contributed by atoms with van der Waals surface area (Å²) in [5.41, 5.74) is 2.72. The van der Waals surface area contributed by atoms with Crippen molar-refractivity contribution in [2.45, 2.75) is 51.7 Å². The summed E-state index contributed by atoms with van der Waals surface area (Å²) in [6, 6.07) is 4.04. The number of amides is 2. The van der Waals surface area contributed by atoms with Crippen LogP contribution in [0.5, 0.6) is 5.75 Å². The highest BCUT2D eigenvalue weighted by Crippen LogP contribution is 2.20. The minimum absolute atomic E-state index is 0.125. The molecule has 1 rings (SSSR count). The first-order chi connectivity index (χ1) is 12.7. The lowest BCUT2D eigenvalue weighted by Crippen LogP contribution is -2.54. The monoisotopic (exact) mass is 366 g/mol. The Morgan fingerprint density at radius 3 is 2.23 bits per heavy atom. The van der Waals surface area contributed by atoms with Crippen LogP contribution in [0.15, 0.2) is 24.3 Å². The Balaban J connectivity index is 2.86. The van der Waals surface area contributed by atoms with Gasteiger partial charge >= 0.3 is 5.97 Å². The lowest BCUT2D eigenvalue weighted by Gasteiger charge is -2.26. The Hall–Kier alpha value is -2.61. The number of aliphatic carboxylic acids is 1. The van der Waals surface area contributed by atoms with E-state index in [1.54, 1.807) is 26.0 Å². The summed E-state index contributed by atoms with van der Waals surface area (Å²) >= 11 is 0. The third kappa shape index (κ3) is 6.36. The van der Waals surface area contributed by atoms with Crippen LogP contribution in [0.25, 0.3) is 0 Å². The summed E-state index contributed by atoms with van der Waals surface area (Å²) in [4.78, 5) is 35.7. The van der Waals surface area contributed by atoms with Crippen LogP contribution in [-0.4, -0.2) is 40.1 Å². The van der Waals surface area contributed by atoms with Crippen LogP contribution in [0.4, 0.5) is 0 Å². The van der Waals surface area contributed by atoms with Gasteiger partial charge in [0.05, 0.1) is 18.5 Å². The van der Waals surface area contributed by atoms with Crippen LogP contribution >= 0.6 is 0 Å². The molecule has 0 spiro atoms. The number of phenols is 1. The normalized spacial score (nSPS) is 14.8. The molecule has 2 amide bonds. The van der Waals surface area contributed by atoms with Crippen molar-refractivity contribution in [2.75, 3.05) is 0 Å². The van der Waals surface area contributed by atoms with Crippen LogP contribution in [0, 0.1) is 5.92 Å². The van der Waals surface area contributed by atoms with E-state index >= 15 is 0 Å². The number of hydrogen-bond donors (Lipinski definition) is 5. The van der Waals surface area contributed by atoms with E-state index in [0.29, 0.717) is 6.42 Å². The number of phenolic OH excluding ortho intramolecular Hbond substituents is 1. The number of rotatable bonds is 10. The van der Waals surface area contributed by atoms with E-state index in [9.17, 15) is 19.5 Å². The molecule has 26 heavy (non-hydrogen) atoms. The molecule has 0 bridgehead atoms. The van der Waals surface area contributed by atoms with Crippen LogP contribution in [-0.2, 0) is 14.4 Å². The SMILES string of the molecule is [2H]N[C@@H](CC(=O)O)C(=O)N[C@H](C(=O)N[C@@H](CC)c1ccc(O)cc1)C(C)C. The number of carbonyl (C=O) groups excluding carboxylic acids is 2. The smallest absolute Gasteiger partial charge is 0.305 e. The molecule has 0 aliphatic carbocycles. The van der Waals surface area contributed by atoms with Gasteiger partial charge in [-0.1, -0.05) is 32.9 Å². The van der Waals surface area contributed by atoms with Crippen molar-refractivity contribution in [3.63, 3.8) is 0 Å². The molecule has 0 unspecified atom stereocenters. The summed E-state index contributed by atoms with van der Waals surface area (Å²) in [7, 11) is 0. The molecular formula is C18H27N3O5. The average Bonchev–Trinajstić information content (AvgIpc) is 2.62. The molecule has 3 atom stereocenters. The second kappa shape index (κ2) is 9.76. The predicted molar refractivity (Wildman–Crippen MR) is 96.3 cm³/mol. The number of hydrogen-bond acceptors (Lipinski definition) is 5. The summed E-state index contributed by atoms with van der Waals surface area (Å²) in [5.74, 6) is -2.47. The molecule has 0 aromatic heterocycles. The molecule has 0 saturated heterocycles. The molecular weight excluding hydrogens is 338 g/mol. The van der Waals surface area contributed by atoms with E-state index in [0.717, 1.165) is 5.56 Å². The summed E-state index contributed by atoms with van der Waals surface area (Å²) < 4.78 is 7.12. The molecule has 8 heteroatoms. The van der Waals surface area contributed by atoms with Crippen molar-refractivity contribution in [3.05, 3.63) is 29.8 Å². The second-order valence-corrected chi connectivity index (χ2v) is 6.44. The minimum Gasteiger partial charge on any atom is -0.508 e. The number of nitrogens with two attached hydrogens (primary N) is 1. The van der Waals surface area contributed by atoms with Gasteiger partial charge in [-0.25, -0.2) is 0 Å². The Morgan fingerprint density at radius 2 is 1.77 bits per heavy atom. The van der Waals surface area contributed by atoms with Crippen LogP contribution in [0.2, 0.25) is 1.41 Å². The number of benzene rings is 1. The molecule has 1 aromatic carbocycles. The zero-order chi connectivity index (χ0) is 20.6. The van der Waals surface area contributed by atoms with Gasteiger partial charge in [-0.05, 0) is 30.0 Å². The Labute approximate surface area is 154 Å². The second-order valence-electron chi connectivity index (χ2n) is 6.44. The Morgan fingerprint density at radius 1 is 1.15 bits per heavy atom. The molecule has 8 nitrogen and oxygen atoms in total. The Kier molecular flexibility index (Phi) is 7.40. The fourth-order valence-corrected chi connectivity index (χ4v) is 2.45. The van der Waals surface area contributed by atoms with Gasteiger partial charge in [-0.3, -0.25) is 14.4 Å². The van der Waals surface area contributed by atoms with Crippen molar-refractivity contribution in [1.29, 1.82) is 0 Å². The molecule has 0 radical (unpaired) electrons. The highest BCUT2D eigenvalue weighted by atomic mass is 16.4. The molecule has 0 heterocycles. The maximum Gasteiger partial charge on any atom is 0.305 e. The van der Waals surface area contributed by atoms with E-state index in [4.69, 9.17) is 6.52 Å². The van der Waals surface area contributed by atoms with Gasteiger partial charge in [0.25, 0.3) is 0 Å². The van der Waals surface area contributed by atoms with E-state index in [1.165, 1.54) is 12.1 Å². The van der Waals surface area contributed by atoms with E-state index in [1.807, 2.05) is 12.7 Å². The van der Waals surface area contributed by atoms with Crippen molar-refractivity contribution in [3.8, 4) is 5.75 Å². The minimum atomic E-state index is -1.25. The van der Waals surface area contributed by atoms with E-state index in [2.05, 4.69) is 10.6 Å². The molecule has 144 valence electrons. The van der Waals surface area contributed by atoms with Crippen molar-refractivity contribution >= 4 is 17.8 Å². The molecule has 1 aromatic rings. The maximum absolute atomic E-state index is 12.7. The quantitative estimate of drug-likeness (QED) is 0.416. The first-order valence-electron chi connectivity index (χ1n) is 8.98. The number of carboxylic acids is 1. The van der Waals surface area contributed by atoms with Gasteiger partial charge in [0, 0.05) is 0 Å². The molecule has 0 saturated carbocycles. The van der Waals surface area contributed by atoms with E-state index < -0.39 is 36.3 Å². The van der Waals surface area contributed by atoms with Gasteiger partial charge in [-0.2, -0.15) is 0 Å². The van der Waals surface area contributed by atoms with Gasteiger partial charge < -0.3 is 26.6 Å². The van der Waals surface area contributed by atoms with E-state index in [-0.39, 0.29) is 17.7 Å². The van der Waals surface area contributed by atoms with Crippen LogP contribution < -0.4 is 16.4 Å². The maximum atomic E-state index is 12.7. The van der Waals surface area contributed by atoms with Crippen molar-refractivity contribution < 1.29 is 26.0 Å². The van der Waals surface area contributed by atoms with Gasteiger partial charge in [-0.15, -0.1) is 0 Å².